The summed E-state index contributed by atoms with van der Waals surface area (Å²) in [5, 5.41) is 8.51. The number of hydrogen-bond acceptors (Lipinski definition) is 1. The van der Waals surface area contributed by atoms with Crippen molar-refractivity contribution in [3.05, 3.63) is 12.2 Å². The number of rotatable bonds is 15. The first kappa shape index (κ1) is 23.8. The minimum Gasteiger partial charge on any atom is -0.481 e. The van der Waals surface area contributed by atoms with E-state index >= 15 is 0 Å². The second-order valence-corrected chi connectivity index (χ2v) is 5.73. The van der Waals surface area contributed by atoms with Crippen LogP contribution < -0.4 is 0 Å². The standard InChI is InChI=1S/C18H34O2.Gd/c1-2-3-4-5-6-7-8-9-10-11-12-13-14-15-16-17-18(19)20;/h9-10H,2-8,11-17H2,1H3,(H,19,20);/q;+3/b10-9-;. The van der Waals surface area contributed by atoms with E-state index in [0.717, 1.165) is 12.8 Å². The molecule has 0 atom stereocenters. The monoisotopic (exact) mass is 440 g/mol. The fourth-order valence-electron chi connectivity index (χ4n) is 2.35. The molecule has 123 valence electrons. The number of aliphatic carboxylic acids is 1. The molecule has 21 heavy (non-hydrogen) atoms. The van der Waals surface area contributed by atoms with Crippen LogP contribution in [0.2, 0.25) is 0 Å². The third-order valence-electron chi connectivity index (χ3n) is 3.65. The summed E-state index contributed by atoms with van der Waals surface area (Å²) >= 11 is 0. The van der Waals surface area contributed by atoms with Crippen molar-refractivity contribution >= 4 is 5.97 Å². The second kappa shape index (κ2) is 20.5. The fraction of sp³-hybridized carbons (Fsp3) is 0.833. The summed E-state index contributed by atoms with van der Waals surface area (Å²) in [5.74, 6) is -0.664. The van der Waals surface area contributed by atoms with Crippen LogP contribution in [0.3, 0.4) is 0 Å². The van der Waals surface area contributed by atoms with Gasteiger partial charge in [-0.2, -0.15) is 0 Å². The first-order valence-electron chi connectivity index (χ1n) is 8.64. The van der Waals surface area contributed by atoms with Gasteiger partial charge in [0.2, 0.25) is 0 Å². The minimum atomic E-state index is -0.664. The molecule has 0 aliphatic carbocycles. The Hall–Kier alpha value is 0.535. The average Bonchev–Trinajstić information content (AvgIpc) is 2.43. The number of unbranched alkanes of at least 4 members (excludes halogenated alkanes) is 11. The Kier molecular flexibility index (Phi) is 23.3. The zero-order chi connectivity index (χ0) is 14.9. The Morgan fingerprint density at radius 1 is 0.762 bits per heavy atom. The minimum absolute atomic E-state index is 0. The van der Waals surface area contributed by atoms with Crippen LogP contribution >= 0.6 is 0 Å². The van der Waals surface area contributed by atoms with Gasteiger partial charge in [-0.15, -0.1) is 0 Å². The first-order chi connectivity index (χ1) is 9.77. The quantitative estimate of drug-likeness (QED) is 0.247. The van der Waals surface area contributed by atoms with Crippen LogP contribution in [-0.2, 0) is 4.79 Å². The van der Waals surface area contributed by atoms with Crippen LogP contribution in [-0.4, -0.2) is 11.1 Å². The number of carbonyl (C=O) groups is 1. The summed E-state index contributed by atoms with van der Waals surface area (Å²) < 4.78 is 0. The summed E-state index contributed by atoms with van der Waals surface area (Å²) in [6.45, 7) is 2.26. The summed E-state index contributed by atoms with van der Waals surface area (Å²) in [5.41, 5.74) is 0. The van der Waals surface area contributed by atoms with Crippen molar-refractivity contribution < 1.29 is 49.8 Å². The topological polar surface area (TPSA) is 37.3 Å². The molecule has 0 heterocycles. The SMILES string of the molecule is CCCCCCCC/C=C\CCCCCCCC(=O)O.[Gd+3]. The molecule has 0 bridgehead atoms. The van der Waals surface area contributed by atoms with Gasteiger partial charge in [0.25, 0.3) is 0 Å². The van der Waals surface area contributed by atoms with E-state index in [0.29, 0.717) is 6.42 Å². The molecule has 0 aliphatic heterocycles. The van der Waals surface area contributed by atoms with E-state index in [-0.39, 0.29) is 39.9 Å². The van der Waals surface area contributed by atoms with Crippen molar-refractivity contribution in [3.63, 3.8) is 0 Å². The molecule has 0 saturated carbocycles. The van der Waals surface area contributed by atoms with Gasteiger partial charge in [0, 0.05) is 6.42 Å². The molecule has 1 radical (unpaired) electrons. The largest absolute Gasteiger partial charge is 3.00 e. The van der Waals surface area contributed by atoms with E-state index in [1.54, 1.807) is 0 Å². The van der Waals surface area contributed by atoms with Gasteiger partial charge < -0.3 is 5.11 Å². The predicted molar refractivity (Wildman–Crippen MR) is 87.1 cm³/mol. The summed E-state index contributed by atoms with van der Waals surface area (Å²) in [6, 6.07) is 0. The van der Waals surface area contributed by atoms with Gasteiger partial charge in [-0.05, 0) is 32.1 Å². The van der Waals surface area contributed by atoms with Gasteiger partial charge >= 0.3 is 45.9 Å². The van der Waals surface area contributed by atoms with Crippen LogP contribution in [0.1, 0.15) is 96.8 Å². The molecule has 0 aromatic rings. The van der Waals surface area contributed by atoms with E-state index in [1.807, 2.05) is 0 Å². The Bertz CT molecular complexity index is 239. The first-order valence-corrected chi connectivity index (χ1v) is 8.64. The second-order valence-electron chi connectivity index (χ2n) is 5.73. The number of carboxylic acids is 1. The Morgan fingerprint density at radius 2 is 1.19 bits per heavy atom. The predicted octanol–water partition coefficient (Wildman–Crippen LogP) is 6.11. The van der Waals surface area contributed by atoms with Crippen molar-refractivity contribution in [2.75, 3.05) is 0 Å². The van der Waals surface area contributed by atoms with E-state index < -0.39 is 5.97 Å². The molecule has 1 N–H and O–H groups in total. The van der Waals surface area contributed by atoms with Crippen LogP contribution in [0, 0.1) is 39.9 Å². The third kappa shape index (κ3) is 22.9. The number of hydrogen-bond donors (Lipinski definition) is 1. The molecule has 2 nitrogen and oxygen atoms in total. The fourth-order valence-corrected chi connectivity index (χ4v) is 2.35. The maximum absolute atomic E-state index is 10.3. The van der Waals surface area contributed by atoms with Gasteiger partial charge in [-0.25, -0.2) is 0 Å². The molecular formula is C18H34GdO2+3. The molecule has 0 fully saturated rings. The Morgan fingerprint density at radius 3 is 1.67 bits per heavy atom. The molecule has 0 amide bonds. The van der Waals surface area contributed by atoms with E-state index in [9.17, 15) is 4.79 Å². The third-order valence-corrected chi connectivity index (χ3v) is 3.65. The molecule has 0 aliphatic rings. The van der Waals surface area contributed by atoms with Gasteiger partial charge in [-0.1, -0.05) is 70.4 Å². The molecule has 0 unspecified atom stereocenters. The Balaban J connectivity index is 0. The summed E-state index contributed by atoms with van der Waals surface area (Å²) in [4.78, 5) is 10.3. The molecule has 0 saturated heterocycles. The van der Waals surface area contributed by atoms with Crippen molar-refractivity contribution in [2.24, 2.45) is 0 Å². The Labute approximate surface area is 163 Å². The van der Waals surface area contributed by atoms with Crippen molar-refractivity contribution in [1.82, 2.24) is 0 Å². The van der Waals surface area contributed by atoms with Crippen molar-refractivity contribution in [1.29, 1.82) is 0 Å². The van der Waals surface area contributed by atoms with E-state index in [2.05, 4.69) is 19.1 Å². The van der Waals surface area contributed by atoms with Gasteiger partial charge in [0.05, 0.1) is 0 Å². The van der Waals surface area contributed by atoms with Crippen LogP contribution in [0.25, 0.3) is 0 Å². The van der Waals surface area contributed by atoms with Gasteiger partial charge in [0.1, 0.15) is 0 Å². The summed E-state index contributed by atoms with van der Waals surface area (Å²) in [6.07, 6.45) is 21.2. The van der Waals surface area contributed by atoms with Crippen LogP contribution in [0.4, 0.5) is 0 Å². The maximum Gasteiger partial charge on any atom is 3.00 e. The zero-order valence-electron chi connectivity index (χ0n) is 13.8. The van der Waals surface area contributed by atoms with Crippen LogP contribution in [0.5, 0.6) is 0 Å². The normalized spacial score (nSPS) is 10.7. The zero-order valence-corrected chi connectivity index (χ0v) is 16.0. The van der Waals surface area contributed by atoms with E-state index in [4.69, 9.17) is 5.11 Å². The molecule has 0 spiro atoms. The number of allylic oxidation sites excluding steroid dienone is 2. The molecule has 3 heteroatoms. The van der Waals surface area contributed by atoms with Gasteiger partial charge in [-0.3, -0.25) is 4.79 Å². The molecule has 0 aromatic carbocycles. The van der Waals surface area contributed by atoms with Crippen molar-refractivity contribution in [2.45, 2.75) is 96.8 Å². The van der Waals surface area contributed by atoms with Crippen LogP contribution in [0.15, 0.2) is 12.2 Å². The summed E-state index contributed by atoms with van der Waals surface area (Å²) in [7, 11) is 0. The maximum atomic E-state index is 10.3. The molecule has 0 rings (SSSR count). The smallest absolute Gasteiger partial charge is 0.481 e. The average molecular weight is 440 g/mol. The van der Waals surface area contributed by atoms with Gasteiger partial charge in [0.15, 0.2) is 0 Å². The van der Waals surface area contributed by atoms with E-state index in [1.165, 1.54) is 70.6 Å². The molecule has 0 aromatic heterocycles. The van der Waals surface area contributed by atoms with Crippen molar-refractivity contribution in [3.8, 4) is 0 Å². The molecular weight excluding hydrogens is 405 g/mol. The number of carboxylic acid groups (broad SMARTS) is 1.